The molecule has 0 radical (unpaired) electrons. The van der Waals surface area contributed by atoms with E-state index in [-0.39, 0.29) is 23.2 Å². The summed E-state index contributed by atoms with van der Waals surface area (Å²) in [7, 11) is 0. The van der Waals surface area contributed by atoms with Gasteiger partial charge in [0.15, 0.2) is 5.65 Å². The lowest BCUT2D eigenvalue weighted by Gasteiger charge is -2.08. The van der Waals surface area contributed by atoms with Gasteiger partial charge in [0.1, 0.15) is 17.2 Å². The van der Waals surface area contributed by atoms with E-state index in [0.717, 1.165) is 24.0 Å². The summed E-state index contributed by atoms with van der Waals surface area (Å²) in [6, 6.07) is 15.1. The fraction of sp³-hybridized carbons (Fsp3) is 0.241. The molecule has 11 nitrogen and oxygen atoms in total. The number of hydrogen-bond acceptors (Lipinski definition) is 7. The summed E-state index contributed by atoms with van der Waals surface area (Å²) >= 11 is 0. The third-order valence-electron chi connectivity index (χ3n) is 6.95. The number of carbonyl (C=O) groups is 1. The number of carbonyl (C=O) groups excluding carboxylic acids is 1. The van der Waals surface area contributed by atoms with Gasteiger partial charge in [0.2, 0.25) is 0 Å². The molecule has 11 heteroatoms. The van der Waals surface area contributed by atoms with Crippen LogP contribution >= 0.6 is 0 Å². The average Bonchev–Trinajstić information content (AvgIpc) is 3.73. The molecule has 1 amide bonds. The molecule has 1 fully saturated rings. The van der Waals surface area contributed by atoms with Gasteiger partial charge in [0.25, 0.3) is 11.5 Å². The van der Waals surface area contributed by atoms with E-state index in [9.17, 15) is 14.4 Å². The normalized spacial score (nSPS) is 12.9. The molecule has 1 aliphatic rings. The Balaban J connectivity index is 1.10. The molecule has 5 aromatic rings. The second-order valence-electron chi connectivity index (χ2n) is 9.74. The van der Waals surface area contributed by atoms with Gasteiger partial charge in [-0.15, -0.1) is 0 Å². The smallest absolute Gasteiger partial charge is 0.332 e. The van der Waals surface area contributed by atoms with E-state index in [1.54, 1.807) is 29.1 Å². The van der Waals surface area contributed by atoms with E-state index in [2.05, 4.69) is 30.6 Å². The highest BCUT2D eigenvalue weighted by molar-refractivity contribution is 5.93. The zero-order valence-corrected chi connectivity index (χ0v) is 21.9. The largest absolute Gasteiger partial charge is 0.366 e. The lowest BCUT2D eigenvalue weighted by atomic mass is 10.1. The Kier molecular flexibility index (Phi) is 6.69. The number of benzene rings is 1. The lowest BCUT2D eigenvalue weighted by molar-refractivity contribution is 0.0950. The van der Waals surface area contributed by atoms with Crippen molar-refractivity contribution in [2.75, 3.05) is 5.32 Å². The predicted octanol–water partition coefficient (Wildman–Crippen LogP) is 3.24. The van der Waals surface area contributed by atoms with E-state index in [0.29, 0.717) is 53.6 Å². The van der Waals surface area contributed by atoms with Gasteiger partial charge in [0.05, 0.1) is 5.56 Å². The first kappa shape index (κ1) is 25.2. The van der Waals surface area contributed by atoms with Crippen molar-refractivity contribution in [2.45, 2.75) is 45.4 Å². The van der Waals surface area contributed by atoms with Gasteiger partial charge in [-0.05, 0) is 55.2 Å². The third kappa shape index (κ3) is 5.00. The molecule has 1 saturated carbocycles. The molecule has 3 N–H and O–H groups in total. The molecular weight excluding hydrogens is 508 g/mol. The van der Waals surface area contributed by atoms with E-state index < -0.39 is 0 Å². The van der Waals surface area contributed by atoms with Crippen LogP contribution in [0.25, 0.3) is 22.6 Å². The summed E-state index contributed by atoms with van der Waals surface area (Å²) < 4.78 is 2.89. The fourth-order valence-electron chi connectivity index (χ4n) is 4.60. The van der Waals surface area contributed by atoms with Crippen LogP contribution in [-0.2, 0) is 19.6 Å². The van der Waals surface area contributed by atoms with Crippen LogP contribution in [0, 0.1) is 0 Å². The molecule has 4 heterocycles. The van der Waals surface area contributed by atoms with Crippen LogP contribution in [0.1, 0.15) is 47.3 Å². The highest BCUT2D eigenvalue weighted by Gasteiger charge is 2.29. The average molecular weight is 537 g/mol. The molecule has 4 aromatic heterocycles. The molecule has 1 aromatic carbocycles. The molecule has 202 valence electrons. The van der Waals surface area contributed by atoms with Crippen LogP contribution in [0.5, 0.6) is 0 Å². The first-order valence-corrected chi connectivity index (χ1v) is 13.2. The third-order valence-corrected chi connectivity index (χ3v) is 6.95. The number of nitrogens with one attached hydrogen (secondary N) is 3. The van der Waals surface area contributed by atoms with Gasteiger partial charge in [-0.2, -0.15) is 0 Å². The second-order valence-corrected chi connectivity index (χ2v) is 9.74. The van der Waals surface area contributed by atoms with E-state index >= 15 is 0 Å². The van der Waals surface area contributed by atoms with Crippen molar-refractivity contribution in [3.8, 4) is 11.4 Å². The Bertz CT molecular complexity index is 1780. The second kappa shape index (κ2) is 10.6. The standard InChI is InChI=1S/C29H28N8O3/c1-2-36-26-24(28(39)37(29(36)40)22-10-11-22)34-25(35-26)20-9-12-23(32-17-20)31-14-18-5-7-19(8-6-18)15-33-27(38)21-4-3-13-30-16-21/h3-9,12-13,16-17,22H,2,10-11,14-15H2,1H3,(H,31,32)(H,33,38)(H,34,35). The number of aryl methyl sites for hydroxylation is 1. The van der Waals surface area contributed by atoms with Crippen molar-refractivity contribution in [3.63, 3.8) is 0 Å². The van der Waals surface area contributed by atoms with Crippen LogP contribution in [0.4, 0.5) is 5.82 Å². The maximum absolute atomic E-state index is 13.0. The Morgan fingerprint density at radius 2 is 1.80 bits per heavy atom. The summed E-state index contributed by atoms with van der Waals surface area (Å²) in [6.45, 7) is 3.29. The van der Waals surface area contributed by atoms with Gasteiger partial charge in [-0.3, -0.25) is 23.7 Å². The van der Waals surface area contributed by atoms with Crippen molar-refractivity contribution in [1.29, 1.82) is 0 Å². The number of fused-ring (bicyclic) bond motifs is 1. The van der Waals surface area contributed by atoms with Crippen LogP contribution in [0.2, 0.25) is 0 Å². The Morgan fingerprint density at radius 1 is 1.02 bits per heavy atom. The summed E-state index contributed by atoms with van der Waals surface area (Å²) in [4.78, 5) is 54.2. The number of H-pyrrole nitrogens is 1. The van der Waals surface area contributed by atoms with Crippen LogP contribution in [0.15, 0.2) is 76.7 Å². The Morgan fingerprint density at radius 3 is 2.45 bits per heavy atom. The summed E-state index contributed by atoms with van der Waals surface area (Å²) in [6.07, 6.45) is 6.55. The molecule has 6 rings (SSSR count). The minimum Gasteiger partial charge on any atom is -0.366 e. The minimum atomic E-state index is -0.320. The summed E-state index contributed by atoms with van der Waals surface area (Å²) in [5.41, 5.74) is 3.38. The maximum atomic E-state index is 13.0. The number of nitrogens with zero attached hydrogens (tertiary/aromatic N) is 5. The summed E-state index contributed by atoms with van der Waals surface area (Å²) in [5, 5.41) is 6.20. The first-order valence-electron chi connectivity index (χ1n) is 13.2. The highest BCUT2D eigenvalue weighted by Crippen LogP contribution is 2.32. The quantitative estimate of drug-likeness (QED) is 0.263. The van der Waals surface area contributed by atoms with E-state index in [4.69, 9.17) is 0 Å². The SMILES string of the molecule is CCn1c(=O)n(C2CC2)c(=O)c2[nH]c(-c3ccc(NCc4ccc(CNC(=O)c5cccnc5)cc4)nc3)nc21. The predicted molar refractivity (Wildman–Crippen MR) is 151 cm³/mol. The van der Waals surface area contributed by atoms with Gasteiger partial charge in [0, 0.05) is 49.8 Å². The number of rotatable bonds is 9. The number of hydrogen-bond donors (Lipinski definition) is 3. The fourth-order valence-corrected chi connectivity index (χ4v) is 4.60. The van der Waals surface area contributed by atoms with Crippen LogP contribution < -0.4 is 21.9 Å². The highest BCUT2D eigenvalue weighted by atomic mass is 16.2. The number of pyridine rings is 2. The first-order chi connectivity index (χ1) is 19.5. The molecule has 40 heavy (non-hydrogen) atoms. The van der Waals surface area contributed by atoms with Gasteiger partial charge < -0.3 is 15.6 Å². The van der Waals surface area contributed by atoms with Crippen molar-refractivity contribution in [3.05, 3.63) is 105 Å². The number of imidazole rings is 1. The molecule has 0 atom stereocenters. The van der Waals surface area contributed by atoms with Crippen molar-refractivity contribution >= 4 is 22.9 Å². The molecule has 0 unspecified atom stereocenters. The molecular formula is C29H28N8O3. The van der Waals surface area contributed by atoms with Crippen molar-refractivity contribution < 1.29 is 4.79 Å². The van der Waals surface area contributed by atoms with Gasteiger partial charge >= 0.3 is 5.69 Å². The molecule has 0 bridgehead atoms. The van der Waals surface area contributed by atoms with Crippen LogP contribution in [0.3, 0.4) is 0 Å². The van der Waals surface area contributed by atoms with Crippen molar-refractivity contribution in [1.82, 2.24) is 34.4 Å². The molecule has 0 aliphatic heterocycles. The zero-order valence-electron chi connectivity index (χ0n) is 21.9. The Labute approximate surface area is 229 Å². The van der Waals surface area contributed by atoms with Gasteiger partial charge in [-0.1, -0.05) is 24.3 Å². The zero-order chi connectivity index (χ0) is 27.6. The lowest BCUT2D eigenvalue weighted by Crippen LogP contribution is -2.39. The number of amides is 1. The van der Waals surface area contributed by atoms with Crippen LogP contribution in [-0.4, -0.2) is 35.0 Å². The number of aromatic amines is 1. The molecule has 0 spiro atoms. The van der Waals surface area contributed by atoms with Crippen molar-refractivity contribution in [2.24, 2.45) is 0 Å². The number of anilines is 1. The summed E-state index contributed by atoms with van der Waals surface area (Å²) in [5.74, 6) is 1.02. The maximum Gasteiger partial charge on any atom is 0.332 e. The van der Waals surface area contributed by atoms with E-state index in [1.165, 1.54) is 10.8 Å². The minimum absolute atomic E-state index is 0.0181. The molecule has 1 aliphatic carbocycles. The Hall–Kier alpha value is -5.06. The van der Waals surface area contributed by atoms with Gasteiger partial charge in [-0.25, -0.2) is 14.8 Å². The number of aromatic nitrogens is 6. The topological polar surface area (TPSA) is 140 Å². The molecule has 0 saturated heterocycles. The van der Waals surface area contributed by atoms with E-state index in [1.807, 2.05) is 43.3 Å². The monoisotopic (exact) mass is 536 g/mol.